The quantitative estimate of drug-likeness (QED) is 0.237. The summed E-state index contributed by atoms with van der Waals surface area (Å²) in [5.41, 5.74) is 0.260. The number of benzene rings is 2. The Kier molecular flexibility index (Phi) is 6.37. The summed E-state index contributed by atoms with van der Waals surface area (Å²) in [6, 6.07) is 9.96. The molecule has 0 N–H and O–H groups in total. The van der Waals surface area contributed by atoms with Gasteiger partial charge in [0.2, 0.25) is 6.54 Å². The number of nitrogens with zero attached hydrogens (tertiary/aromatic N) is 1. The highest BCUT2D eigenvalue weighted by Gasteiger charge is 2.68. The van der Waals surface area contributed by atoms with Crippen molar-refractivity contribution < 1.29 is 44.2 Å². The van der Waals surface area contributed by atoms with Crippen LogP contribution < -0.4 is 4.74 Å². The van der Waals surface area contributed by atoms with Crippen molar-refractivity contribution in [3.8, 4) is 11.5 Å². The highest BCUT2D eigenvalue weighted by atomic mass is 35.5. The van der Waals surface area contributed by atoms with Crippen molar-refractivity contribution >= 4 is 21.7 Å². The fourth-order valence-corrected chi connectivity index (χ4v) is 4.24. The fraction of sp³-hybridized carbons (Fsp3) is 0.333. The smallest absolute Gasteiger partial charge is 0.457 e. The minimum absolute atomic E-state index is 0.0473. The summed E-state index contributed by atoms with van der Waals surface area (Å²) in [6.45, 7) is -2.08. The second-order valence-electron chi connectivity index (χ2n) is 6.80. The van der Waals surface area contributed by atoms with E-state index >= 15 is 0 Å². The van der Waals surface area contributed by atoms with Crippen molar-refractivity contribution in [3.05, 3.63) is 68.7 Å². The molecular formula is C18H13ClF5NO6S. The van der Waals surface area contributed by atoms with Gasteiger partial charge in [-0.15, -0.1) is 0 Å². The molecule has 2 aromatic carbocycles. The molecule has 1 aliphatic heterocycles. The van der Waals surface area contributed by atoms with Crippen LogP contribution in [0.15, 0.2) is 42.5 Å². The van der Waals surface area contributed by atoms with E-state index in [9.17, 15) is 40.5 Å². The Morgan fingerprint density at radius 1 is 1.03 bits per heavy atom. The second-order valence-corrected chi connectivity index (χ2v) is 8.90. The fourth-order valence-electron chi connectivity index (χ4n) is 3.30. The Hall–Kier alpha value is -2.51. The summed E-state index contributed by atoms with van der Waals surface area (Å²) in [4.78, 5) is 10.6. The van der Waals surface area contributed by atoms with E-state index in [-0.39, 0.29) is 27.6 Å². The van der Waals surface area contributed by atoms with Crippen LogP contribution in [0.1, 0.15) is 23.0 Å². The Labute approximate surface area is 183 Å². The molecule has 0 fully saturated rings. The maximum atomic E-state index is 13.5. The summed E-state index contributed by atoms with van der Waals surface area (Å²) in [7, 11) is -6.47. The van der Waals surface area contributed by atoms with E-state index in [1.54, 1.807) is 6.07 Å². The van der Waals surface area contributed by atoms with Crippen LogP contribution >= 0.6 is 11.6 Å². The molecule has 174 valence electrons. The molecule has 2 atom stereocenters. The zero-order valence-corrected chi connectivity index (χ0v) is 17.3. The molecule has 0 aliphatic carbocycles. The summed E-state index contributed by atoms with van der Waals surface area (Å²) >= 11 is 5.97. The number of fused-ring (bicyclic) bond motifs is 2. The van der Waals surface area contributed by atoms with Gasteiger partial charge in [-0.25, -0.2) is 0 Å². The van der Waals surface area contributed by atoms with Gasteiger partial charge >= 0.3 is 21.5 Å². The van der Waals surface area contributed by atoms with Gasteiger partial charge < -0.3 is 4.74 Å². The minimum atomic E-state index is -6.47. The Balaban J connectivity index is 2.10. The molecule has 3 rings (SSSR count). The van der Waals surface area contributed by atoms with Gasteiger partial charge in [0.15, 0.2) is 0 Å². The zero-order chi connectivity index (χ0) is 23.9. The molecule has 7 nitrogen and oxygen atoms in total. The highest BCUT2D eigenvalue weighted by Crippen LogP contribution is 2.48. The first-order valence-electron chi connectivity index (χ1n) is 8.76. The van der Waals surface area contributed by atoms with Gasteiger partial charge in [-0.1, -0.05) is 29.8 Å². The third-order valence-corrected chi connectivity index (χ3v) is 6.33. The lowest BCUT2D eigenvalue weighted by Gasteiger charge is -2.25. The first-order valence-corrected chi connectivity index (χ1v) is 10.5. The predicted octanol–water partition coefficient (Wildman–Crippen LogP) is 5.09. The first-order chi connectivity index (χ1) is 14.7. The van der Waals surface area contributed by atoms with Crippen LogP contribution in [0, 0.1) is 10.1 Å². The molecule has 2 aromatic rings. The van der Waals surface area contributed by atoms with Gasteiger partial charge in [0.25, 0.3) is 0 Å². The van der Waals surface area contributed by atoms with Crippen LogP contribution in [0.4, 0.5) is 22.0 Å². The monoisotopic (exact) mass is 501 g/mol. The third kappa shape index (κ3) is 4.50. The summed E-state index contributed by atoms with van der Waals surface area (Å²) < 4.78 is 97.9. The van der Waals surface area contributed by atoms with Crippen molar-refractivity contribution in [1.82, 2.24) is 0 Å². The van der Waals surface area contributed by atoms with Crippen LogP contribution in [0.5, 0.6) is 11.5 Å². The van der Waals surface area contributed by atoms with E-state index < -0.39 is 51.5 Å². The normalized spacial score (nSPS) is 18.8. The average Bonchev–Trinajstić information content (AvgIpc) is 2.79. The lowest BCUT2D eigenvalue weighted by atomic mass is 9.82. The van der Waals surface area contributed by atoms with Gasteiger partial charge in [0, 0.05) is 27.0 Å². The molecule has 0 spiro atoms. The second kappa shape index (κ2) is 8.45. The van der Waals surface area contributed by atoms with Gasteiger partial charge in [0.05, 0.1) is 12.5 Å². The van der Waals surface area contributed by atoms with E-state index in [0.717, 1.165) is 0 Å². The van der Waals surface area contributed by atoms with Gasteiger partial charge in [-0.2, -0.15) is 30.4 Å². The molecule has 0 saturated carbocycles. The maximum Gasteiger partial charge on any atom is 0.472 e. The number of ether oxygens (including phenoxy) is 1. The zero-order valence-electron chi connectivity index (χ0n) is 15.7. The van der Waals surface area contributed by atoms with Crippen molar-refractivity contribution in [2.75, 3.05) is 13.2 Å². The van der Waals surface area contributed by atoms with Gasteiger partial charge in [-0.05, 0) is 24.3 Å². The molecule has 1 heterocycles. The number of hydrogen-bond acceptors (Lipinski definition) is 6. The van der Waals surface area contributed by atoms with Crippen molar-refractivity contribution in [2.24, 2.45) is 0 Å². The summed E-state index contributed by atoms with van der Waals surface area (Å²) in [6.07, 6.45) is -6.42. The van der Waals surface area contributed by atoms with Crippen LogP contribution in [0.2, 0.25) is 5.02 Å². The van der Waals surface area contributed by atoms with Crippen molar-refractivity contribution in [1.29, 1.82) is 0 Å². The van der Waals surface area contributed by atoms with Crippen molar-refractivity contribution in [2.45, 2.75) is 23.3 Å². The molecular weight excluding hydrogens is 489 g/mol. The Morgan fingerprint density at radius 3 is 2.28 bits per heavy atom. The van der Waals surface area contributed by atoms with E-state index in [2.05, 4.69) is 4.18 Å². The highest BCUT2D eigenvalue weighted by molar-refractivity contribution is 7.87. The maximum absolute atomic E-state index is 13.5. The number of nitro groups is 1. The molecule has 0 amide bonds. The Bertz CT molecular complexity index is 1140. The molecule has 1 aliphatic rings. The molecule has 0 radical (unpaired) electrons. The van der Waals surface area contributed by atoms with Gasteiger partial charge in [0.1, 0.15) is 11.5 Å². The van der Waals surface area contributed by atoms with Gasteiger partial charge in [-0.3, -0.25) is 14.3 Å². The lowest BCUT2D eigenvalue weighted by Crippen LogP contribution is -2.45. The molecule has 0 unspecified atom stereocenters. The van der Waals surface area contributed by atoms with E-state index in [4.69, 9.17) is 16.3 Å². The number of para-hydroxylation sites is 1. The van der Waals surface area contributed by atoms with Crippen LogP contribution in [-0.4, -0.2) is 37.9 Å². The van der Waals surface area contributed by atoms with Crippen LogP contribution in [0.25, 0.3) is 0 Å². The number of halogens is 6. The van der Waals surface area contributed by atoms with Crippen LogP contribution in [-0.2, 0) is 14.3 Å². The lowest BCUT2D eigenvalue weighted by molar-refractivity contribution is -0.484. The summed E-state index contributed by atoms with van der Waals surface area (Å²) in [5, 5.41) is 5.22. The van der Waals surface area contributed by atoms with Crippen LogP contribution in [0.3, 0.4) is 0 Å². The van der Waals surface area contributed by atoms with E-state index in [0.29, 0.717) is 0 Å². The largest absolute Gasteiger partial charge is 0.472 e. The minimum Gasteiger partial charge on any atom is -0.457 e. The first kappa shape index (κ1) is 24.1. The van der Waals surface area contributed by atoms with Crippen molar-refractivity contribution in [3.63, 3.8) is 0 Å². The number of hydrogen-bond donors (Lipinski definition) is 0. The number of alkyl halides is 5. The molecule has 32 heavy (non-hydrogen) atoms. The molecule has 0 bridgehead atoms. The van der Waals surface area contributed by atoms with E-state index in [1.165, 1.54) is 36.4 Å². The summed E-state index contributed by atoms with van der Waals surface area (Å²) in [5.74, 6) is -2.35. The average molecular weight is 502 g/mol. The standard InChI is InChI=1S/C18H13ClF5NO6S/c19-10-5-6-16-12(7-10)14(9-30-32(28,29)18(23,24)17(20,21)22)13(8-25(26)27)11-3-1-2-4-15(11)31-16/h1-7,13-14H,8-9H2/t13-,14-/m1/s1. The SMILES string of the molecule is O=[N+]([O-])C[C@@H]1c2ccccc2Oc2ccc(Cl)cc2[C@H]1COS(=O)(=O)C(F)(F)C(F)(F)F. The molecule has 0 aromatic heterocycles. The third-order valence-electron chi connectivity index (χ3n) is 4.79. The molecule has 14 heteroatoms. The van der Waals surface area contributed by atoms with E-state index in [1.807, 2.05) is 0 Å². The Morgan fingerprint density at radius 2 is 1.66 bits per heavy atom. The number of rotatable bonds is 6. The topological polar surface area (TPSA) is 95.7 Å². The molecule has 0 saturated heterocycles. The predicted molar refractivity (Wildman–Crippen MR) is 101 cm³/mol.